The van der Waals surface area contributed by atoms with Crippen molar-refractivity contribution in [2.45, 2.75) is 68.5 Å². The Hall–Kier alpha value is -0.843. The van der Waals surface area contributed by atoms with E-state index in [-0.39, 0.29) is 11.5 Å². The van der Waals surface area contributed by atoms with Crippen LogP contribution in [0.5, 0.6) is 0 Å². The van der Waals surface area contributed by atoms with E-state index in [2.05, 4.69) is 31.8 Å². The summed E-state index contributed by atoms with van der Waals surface area (Å²) >= 11 is 0. The molecule has 1 heterocycles. The standard InChI is InChI=1S/C17H24N2OSi/c1-21(2,3)16-6-11-4-12(7-16)17(13(5-11)8-16)14(9-18)15(10-19)20-17/h11-15H,4-8H2,1-3H3/t11?,12-,13+,14-,15-,16?,17?/m0/s1. The van der Waals surface area contributed by atoms with Crippen LogP contribution in [0.1, 0.15) is 32.1 Å². The Morgan fingerprint density at radius 2 is 1.62 bits per heavy atom. The maximum atomic E-state index is 9.59. The summed E-state index contributed by atoms with van der Waals surface area (Å²) in [4.78, 5) is 0. The van der Waals surface area contributed by atoms with Crippen molar-refractivity contribution in [1.29, 1.82) is 10.5 Å². The lowest BCUT2D eigenvalue weighted by Crippen LogP contribution is -2.74. The lowest BCUT2D eigenvalue weighted by Gasteiger charge is -2.71. The van der Waals surface area contributed by atoms with Gasteiger partial charge in [0.1, 0.15) is 5.92 Å². The third-order valence-corrected chi connectivity index (χ3v) is 11.2. The van der Waals surface area contributed by atoms with Crippen molar-refractivity contribution in [3.05, 3.63) is 0 Å². The van der Waals surface area contributed by atoms with Crippen molar-refractivity contribution in [3.63, 3.8) is 0 Å². The highest BCUT2D eigenvalue weighted by Gasteiger charge is 2.73. The van der Waals surface area contributed by atoms with E-state index in [0.29, 0.717) is 16.9 Å². The van der Waals surface area contributed by atoms with Gasteiger partial charge in [-0.3, -0.25) is 0 Å². The fraction of sp³-hybridized carbons (Fsp3) is 0.882. The lowest BCUT2D eigenvalue weighted by molar-refractivity contribution is -0.314. The fourth-order valence-electron chi connectivity index (χ4n) is 6.41. The van der Waals surface area contributed by atoms with E-state index in [1.54, 1.807) is 0 Å². The number of nitrogens with zero attached hydrogens (tertiary/aromatic N) is 2. The number of rotatable bonds is 1. The van der Waals surface area contributed by atoms with Gasteiger partial charge in [-0.1, -0.05) is 19.6 Å². The van der Waals surface area contributed by atoms with Crippen molar-refractivity contribution >= 4 is 8.07 Å². The summed E-state index contributed by atoms with van der Waals surface area (Å²) in [6.45, 7) is 7.57. The molecule has 5 fully saturated rings. The highest BCUT2D eigenvalue weighted by molar-refractivity contribution is 6.79. The minimum absolute atomic E-state index is 0.184. The van der Waals surface area contributed by atoms with Crippen LogP contribution >= 0.6 is 0 Å². The minimum atomic E-state index is -1.22. The molecule has 3 nitrogen and oxygen atoms in total. The molecule has 0 aromatic carbocycles. The van der Waals surface area contributed by atoms with E-state index in [1.165, 1.54) is 32.1 Å². The van der Waals surface area contributed by atoms with Gasteiger partial charge in [0, 0.05) is 0 Å². The summed E-state index contributed by atoms with van der Waals surface area (Å²) in [6.07, 6.45) is 5.93. The normalized spacial score (nSPS) is 54.0. The average molecular weight is 300 g/mol. The Kier molecular flexibility index (Phi) is 2.57. The Labute approximate surface area is 128 Å². The molecule has 0 aromatic heterocycles. The zero-order valence-electron chi connectivity index (χ0n) is 13.2. The van der Waals surface area contributed by atoms with Gasteiger partial charge in [-0.05, 0) is 54.9 Å². The molecule has 4 saturated carbocycles. The molecule has 1 saturated heterocycles. The molecule has 4 aliphatic carbocycles. The van der Waals surface area contributed by atoms with Gasteiger partial charge in [-0.15, -0.1) is 0 Å². The van der Waals surface area contributed by atoms with E-state index in [0.717, 1.165) is 5.92 Å². The number of hydrogen-bond acceptors (Lipinski definition) is 3. The molecular weight excluding hydrogens is 276 g/mol. The first-order chi connectivity index (χ1) is 9.86. The largest absolute Gasteiger partial charge is 0.353 e. The lowest BCUT2D eigenvalue weighted by atomic mass is 9.45. The van der Waals surface area contributed by atoms with Gasteiger partial charge in [-0.25, -0.2) is 0 Å². The van der Waals surface area contributed by atoms with Crippen molar-refractivity contribution in [3.8, 4) is 12.1 Å². The van der Waals surface area contributed by atoms with Gasteiger partial charge in [0.15, 0.2) is 6.10 Å². The third kappa shape index (κ3) is 1.46. The summed E-state index contributed by atoms with van der Waals surface area (Å²) in [7, 11) is -1.22. The zero-order chi connectivity index (χ0) is 15.0. The van der Waals surface area contributed by atoms with Gasteiger partial charge >= 0.3 is 0 Å². The Balaban J connectivity index is 1.72. The second-order valence-electron chi connectivity index (χ2n) is 9.00. The SMILES string of the molecule is C[Si](C)(C)C12CC3C[C@H](C1)C1(O[C@@H](C#N)[C@@H]1C#N)[C@@H](C3)C2. The summed E-state index contributed by atoms with van der Waals surface area (Å²) in [6, 6.07) is 4.63. The van der Waals surface area contributed by atoms with Crippen molar-refractivity contribution in [2.75, 3.05) is 0 Å². The van der Waals surface area contributed by atoms with E-state index < -0.39 is 14.2 Å². The monoisotopic (exact) mass is 300 g/mol. The predicted octanol–water partition coefficient (Wildman–Crippen LogP) is 3.71. The highest BCUT2D eigenvalue weighted by atomic mass is 28.3. The van der Waals surface area contributed by atoms with Gasteiger partial charge in [-0.2, -0.15) is 10.5 Å². The highest BCUT2D eigenvalue weighted by Crippen LogP contribution is 2.74. The van der Waals surface area contributed by atoms with Crippen LogP contribution in [0.25, 0.3) is 0 Å². The molecule has 3 unspecified atom stereocenters. The number of nitriles is 2. The molecule has 112 valence electrons. The van der Waals surface area contributed by atoms with Crippen LogP contribution in [-0.4, -0.2) is 19.8 Å². The topological polar surface area (TPSA) is 56.8 Å². The van der Waals surface area contributed by atoms with E-state index in [1.807, 2.05) is 0 Å². The first-order valence-electron chi connectivity index (χ1n) is 8.33. The molecule has 0 N–H and O–H groups in total. The third-order valence-electron chi connectivity index (χ3n) is 7.44. The second kappa shape index (κ2) is 3.92. The Morgan fingerprint density at radius 3 is 2.10 bits per heavy atom. The van der Waals surface area contributed by atoms with Crippen LogP contribution < -0.4 is 0 Å². The fourth-order valence-corrected chi connectivity index (χ4v) is 9.03. The van der Waals surface area contributed by atoms with Crippen molar-refractivity contribution < 1.29 is 4.74 Å². The van der Waals surface area contributed by atoms with Gasteiger partial charge in [0.2, 0.25) is 0 Å². The molecule has 0 amide bonds. The van der Waals surface area contributed by atoms with Crippen LogP contribution in [0.3, 0.4) is 0 Å². The predicted molar refractivity (Wildman–Crippen MR) is 81.9 cm³/mol. The molecule has 1 aliphatic heterocycles. The van der Waals surface area contributed by atoms with Gasteiger partial charge < -0.3 is 4.74 Å². The van der Waals surface area contributed by atoms with E-state index in [9.17, 15) is 10.5 Å². The van der Waals surface area contributed by atoms with Crippen molar-refractivity contribution in [2.24, 2.45) is 23.7 Å². The van der Waals surface area contributed by atoms with Crippen LogP contribution in [0.4, 0.5) is 0 Å². The summed E-state index contributed by atoms with van der Waals surface area (Å²) in [5, 5.41) is 19.3. The van der Waals surface area contributed by atoms with Gasteiger partial charge in [0.05, 0.1) is 25.8 Å². The van der Waals surface area contributed by atoms with Crippen LogP contribution in [0.2, 0.25) is 24.7 Å². The summed E-state index contributed by atoms with van der Waals surface area (Å²) < 4.78 is 6.15. The number of hydrogen-bond donors (Lipinski definition) is 0. The van der Waals surface area contributed by atoms with Crippen LogP contribution in [0, 0.1) is 46.3 Å². The smallest absolute Gasteiger partial charge is 0.163 e. The molecule has 4 heteroatoms. The number of ether oxygens (including phenoxy) is 1. The zero-order valence-corrected chi connectivity index (χ0v) is 14.2. The first-order valence-corrected chi connectivity index (χ1v) is 11.8. The molecule has 4 bridgehead atoms. The molecule has 21 heavy (non-hydrogen) atoms. The van der Waals surface area contributed by atoms with E-state index >= 15 is 0 Å². The molecular formula is C17H24N2OSi. The van der Waals surface area contributed by atoms with Crippen molar-refractivity contribution in [1.82, 2.24) is 0 Å². The molecule has 7 atom stereocenters. The Bertz CT molecular complexity index is 551. The summed E-state index contributed by atoms with van der Waals surface area (Å²) in [5.41, 5.74) is -0.255. The van der Waals surface area contributed by atoms with Crippen LogP contribution in [-0.2, 0) is 4.74 Å². The quantitative estimate of drug-likeness (QED) is 0.694. The second-order valence-corrected chi connectivity index (χ2v) is 14.6. The first kappa shape index (κ1) is 13.8. The maximum Gasteiger partial charge on any atom is 0.163 e. The summed E-state index contributed by atoms with van der Waals surface area (Å²) in [5.74, 6) is 1.73. The maximum absolute atomic E-state index is 9.59. The molecule has 0 aromatic rings. The van der Waals surface area contributed by atoms with E-state index in [4.69, 9.17) is 4.74 Å². The Morgan fingerprint density at radius 1 is 1.00 bits per heavy atom. The molecule has 5 rings (SSSR count). The van der Waals surface area contributed by atoms with Crippen LogP contribution in [0.15, 0.2) is 0 Å². The molecule has 5 aliphatic rings. The minimum Gasteiger partial charge on any atom is -0.353 e. The average Bonchev–Trinajstić information content (AvgIpc) is 2.36. The molecule has 1 spiro atoms. The molecule has 0 radical (unpaired) electrons. The van der Waals surface area contributed by atoms with Gasteiger partial charge in [0.25, 0.3) is 0 Å².